The summed E-state index contributed by atoms with van der Waals surface area (Å²) < 4.78 is 10.9. The van der Waals surface area contributed by atoms with E-state index in [-0.39, 0.29) is 12.5 Å². The predicted molar refractivity (Wildman–Crippen MR) is 73.5 cm³/mol. The number of ether oxygens (including phenoxy) is 2. The molecule has 2 atom stereocenters. The summed E-state index contributed by atoms with van der Waals surface area (Å²) in [6.45, 7) is 10.1. The summed E-state index contributed by atoms with van der Waals surface area (Å²) in [5.74, 6) is -1.58. The van der Waals surface area contributed by atoms with Crippen molar-refractivity contribution in [2.24, 2.45) is 11.8 Å². The molecule has 0 spiro atoms. The second-order valence-corrected chi connectivity index (χ2v) is 6.44. The van der Waals surface area contributed by atoms with E-state index in [1.165, 1.54) is 4.90 Å². The first-order chi connectivity index (χ1) is 9.11. The first-order valence-corrected chi connectivity index (χ1v) is 6.94. The molecular formula is C14H25NO5. The van der Waals surface area contributed by atoms with Crippen molar-refractivity contribution in [1.82, 2.24) is 4.90 Å². The quantitative estimate of drug-likeness (QED) is 0.859. The lowest BCUT2D eigenvalue weighted by atomic mass is 9.89. The average molecular weight is 287 g/mol. The molecule has 0 aromatic rings. The van der Waals surface area contributed by atoms with Crippen LogP contribution in [-0.2, 0) is 14.3 Å². The molecule has 2 unspecified atom stereocenters. The van der Waals surface area contributed by atoms with E-state index in [0.717, 1.165) is 0 Å². The lowest BCUT2D eigenvalue weighted by molar-refractivity contribution is -0.154. The number of hydrogen-bond acceptors (Lipinski definition) is 4. The maximum atomic E-state index is 12.0. The number of nitrogens with zero attached hydrogens (tertiary/aromatic N) is 1. The Kier molecular flexibility index (Phi) is 5.39. The Morgan fingerprint density at radius 2 is 1.95 bits per heavy atom. The molecule has 0 bridgehead atoms. The molecule has 6 nitrogen and oxygen atoms in total. The minimum absolute atomic E-state index is 0.0592. The molecule has 1 saturated heterocycles. The first kappa shape index (κ1) is 16.8. The summed E-state index contributed by atoms with van der Waals surface area (Å²) in [6, 6.07) is 0. The van der Waals surface area contributed by atoms with E-state index in [4.69, 9.17) is 9.47 Å². The fraction of sp³-hybridized carbons (Fsp3) is 0.857. The van der Waals surface area contributed by atoms with Crippen LogP contribution in [0.4, 0.5) is 4.79 Å². The van der Waals surface area contributed by atoms with E-state index < -0.39 is 29.7 Å². The third kappa shape index (κ3) is 4.67. The maximum Gasteiger partial charge on any atom is 0.410 e. The number of carboxylic acid groups (broad SMARTS) is 1. The highest BCUT2D eigenvalue weighted by Gasteiger charge is 2.37. The Morgan fingerprint density at radius 3 is 2.40 bits per heavy atom. The molecule has 1 aliphatic rings. The zero-order valence-corrected chi connectivity index (χ0v) is 12.9. The molecular weight excluding hydrogens is 262 g/mol. The topological polar surface area (TPSA) is 76.1 Å². The highest BCUT2D eigenvalue weighted by molar-refractivity contribution is 5.72. The van der Waals surface area contributed by atoms with Gasteiger partial charge in [0.05, 0.1) is 25.2 Å². The number of rotatable bonds is 3. The van der Waals surface area contributed by atoms with E-state index in [0.29, 0.717) is 13.2 Å². The van der Waals surface area contributed by atoms with Gasteiger partial charge in [-0.05, 0) is 26.7 Å². The monoisotopic (exact) mass is 287 g/mol. The molecule has 1 fully saturated rings. The second kappa shape index (κ2) is 6.43. The van der Waals surface area contributed by atoms with Gasteiger partial charge in [-0.2, -0.15) is 0 Å². The van der Waals surface area contributed by atoms with Gasteiger partial charge < -0.3 is 19.5 Å². The maximum absolute atomic E-state index is 12.0. The molecule has 0 aromatic carbocycles. The average Bonchev–Trinajstić information content (AvgIpc) is 2.26. The Balaban J connectivity index is 2.71. The van der Waals surface area contributed by atoms with Crippen molar-refractivity contribution < 1.29 is 24.2 Å². The van der Waals surface area contributed by atoms with Crippen LogP contribution in [-0.4, -0.2) is 53.5 Å². The fourth-order valence-corrected chi connectivity index (χ4v) is 2.26. The zero-order chi connectivity index (χ0) is 15.5. The van der Waals surface area contributed by atoms with Gasteiger partial charge in [-0.1, -0.05) is 13.8 Å². The van der Waals surface area contributed by atoms with Crippen molar-refractivity contribution in [3.8, 4) is 0 Å². The van der Waals surface area contributed by atoms with Crippen molar-refractivity contribution in [3.63, 3.8) is 0 Å². The van der Waals surface area contributed by atoms with E-state index in [1.807, 2.05) is 13.8 Å². The number of carbonyl (C=O) groups is 2. The van der Waals surface area contributed by atoms with Crippen LogP contribution in [0, 0.1) is 11.8 Å². The van der Waals surface area contributed by atoms with Crippen molar-refractivity contribution >= 4 is 12.1 Å². The van der Waals surface area contributed by atoms with Crippen molar-refractivity contribution in [3.05, 3.63) is 0 Å². The molecule has 0 aromatic heterocycles. The Labute approximate surface area is 120 Å². The van der Waals surface area contributed by atoms with Crippen LogP contribution in [0.5, 0.6) is 0 Å². The minimum Gasteiger partial charge on any atom is -0.481 e. The molecule has 116 valence electrons. The Hall–Kier alpha value is -1.30. The van der Waals surface area contributed by atoms with Crippen molar-refractivity contribution in [2.75, 3.05) is 19.7 Å². The number of carbonyl (C=O) groups excluding carboxylic acids is 1. The predicted octanol–water partition coefficient (Wildman–Crippen LogP) is 1.98. The van der Waals surface area contributed by atoms with Crippen LogP contribution in [0.1, 0.15) is 34.6 Å². The normalized spacial score (nSPS) is 21.7. The zero-order valence-electron chi connectivity index (χ0n) is 12.9. The summed E-state index contributed by atoms with van der Waals surface area (Å²) in [7, 11) is 0. The van der Waals surface area contributed by atoms with Gasteiger partial charge in [0.15, 0.2) is 0 Å². The lowest BCUT2D eigenvalue weighted by Crippen LogP contribution is -2.51. The van der Waals surface area contributed by atoms with Crippen molar-refractivity contribution in [1.29, 1.82) is 0 Å². The van der Waals surface area contributed by atoms with Gasteiger partial charge in [0.2, 0.25) is 0 Å². The highest BCUT2D eigenvalue weighted by Crippen LogP contribution is 2.23. The lowest BCUT2D eigenvalue weighted by Gasteiger charge is -2.37. The largest absolute Gasteiger partial charge is 0.481 e. The molecule has 6 heteroatoms. The molecule has 0 saturated carbocycles. The van der Waals surface area contributed by atoms with Gasteiger partial charge in [0.1, 0.15) is 5.60 Å². The number of amides is 1. The molecule has 20 heavy (non-hydrogen) atoms. The highest BCUT2D eigenvalue weighted by atomic mass is 16.6. The summed E-state index contributed by atoms with van der Waals surface area (Å²) in [5.41, 5.74) is -0.560. The van der Waals surface area contributed by atoms with E-state index >= 15 is 0 Å². The number of aliphatic carboxylic acids is 1. The Bertz CT molecular complexity index is 361. The molecule has 1 amide bonds. The van der Waals surface area contributed by atoms with Crippen LogP contribution in [0.15, 0.2) is 0 Å². The fourth-order valence-electron chi connectivity index (χ4n) is 2.26. The summed E-state index contributed by atoms with van der Waals surface area (Å²) >= 11 is 0. The van der Waals surface area contributed by atoms with Crippen LogP contribution >= 0.6 is 0 Å². The van der Waals surface area contributed by atoms with Crippen molar-refractivity contribution in [2.45, 2.75) is 46.3 Å². The SMILES string of the molecule is CC(C)C(C(=O)O)C1CN(C(=O)OC(C)(C)C)CCO1. The second-order valence-electron chi connectivity index (χ2n) is 6.44. The summed E-state index contributed by atoms with van der Waals surface area (Å²) in [5, 5.41) is 9.29. The van der Waals surface area contributed by atoms with E-state index in [1.54, 1.807) is 20.8 Å². The van der Waals surface area contributed by atoms with Gasteiger partial charge >= 0.3 is 12.1 Å². The minimum atomic E-state index is -0.893. The van der Waals surface area contributed by atoms with E-state index in [9.17, 15) is 14.7 Å². The first-order valence-electron chi connectivity index (χ1n) is 6.94. The van der Waals surface area contributed by atoms with Gasteiger partial charge in [0.25, 0.3) is 0 Å². The van der Waals surface area contributed by atoms with Crippen LogP contribution in [0.2, 0.25) is 0 Å². The standard InChI is InChI=1S/C14H25NO5/c1-9(2)11(12(16)17)10-8-15(6-7-19-10)13(18)20-14(3,4)5/h9-11H,6-8H2,1-5H3,(H,16,17). The third-order valence-electron chi connectivity index (χ3n) is 3.15. The smallest absolute Gasteiger partial charge is 0.410 e. The summed E-state index contributed by atoms with van der Waals surface area (Å²) in [6.07, 6.45) is -0.910. The van der Waals surface area contributed by atoms with Crippen LogP contribution < -0.4 is 0 Å². The molecule has 0 radical (unpaired) electrons. The van der Waals surface area contributed by atoms with Crippen LogP contribution in [0.25, 0.3) is 0 Å². The molecule has 0 aliphatic carbocycles. The molecule has 1 aliphatic heterocycles. The van der Waals surface area contributed by atoms with Gasteiger partial charge in [0, 0.05) is 6.54 Å². The third-order valence-corrected chi connectivity index (χ3v) is 3.15. The molecule has 1 rings (SSSR count). The van der Waals surface area contributed by atoms with Gasteiger partial charge in [-0.25, -0.2) is 4.79 Å². The Morgan fingerprint density at radius 1 is 1.35 bits per heavy atom. The van der Waals surface area contributed by atoms with Gasteiger partial charge in [-0.15, -0.1) is 0 Å². The number of hydrogen-bond donors (Lipinski definition) is 1. The van der Waals surface area contributed by atoms with Crippen LogP contribution in [0.3, 0.4) is 0 Å². The molecule has 1 N–H and O–H groups in total. The number of carboxylic acids is 1. The molecule has 1 heterocycles. The van der Waals surface area contributed by atoms with Gasteiger partial charge in [-0.3, -0.25) is 4.79 Å². The number of morpholine rings is 1. The summed E-state index contributed by atoms with van der Waals surface area (Å²) in [4.78, 5) is 24.9. The van der Waals surface area contributed by atoms with E-state index in [2.05, 4.69) is 0 Å².